The van der Waals surface area contributed by atoms with Gasteiger partial charge in [0.15, 0.2) is 0 Å². The fourth-order valence-corrected chi connectivity index (χ4v) is 4.51. The van der Waals surface area contributed by atoms with E-state index in [-0.39, 0.29) is 5.69 Å². The van der Waals surface area contributed by atoms with Crippen LogP contribution in [0, 0.1) is 6.92 Å². The van der Waals surface area contributed by atoms with Crippen molar-refractivity contribution in [2.45, 2.75) is 19.8 Å². The fourth-order valence-electron chi connectivity index (χ4n) is 4.51. The Morgan fingerprint density at radius 1 is 0.806 bits per heavy atom. The van der Waals surface area contributed by atoms with Gasteiger partial charge in [0.25, 0.3) is 0 Å². The number of para-hydroxylation sites is 2. The molecule has 0 saturated carbocycles. The monoisotopic (exact) mass is 477 g/mol. The summed E-state index contributed by atoms with van der Waals surface area (Å²) in [5.74, 6) is 1.22. The number of H-pyrrole nitrogens is 1. The van der Waals surface area contributed by atoms with Crippen LogP contribution in [0.4, 0.5) is 0 Å². The molecule has 5 heteroatoms. The van der Waals surface area contributed by atoms with Gasteiger partial charge in [-0.3, -0.25) is 0 Å². The molecule has 2 N–H and O–H groups in total. The lowest BCUT2D eigenvalue weighted by Gasteiger charge is -2.10. The Bertz CT molecular complexity index is 1500. The number of carbonyl (C=O) groups is 1. The Morgan fingerprint density at radius 3 is 2.31 bits per heavy atom. The molecular formula is C31H27NO4. The van der Waals surface area contributed by atoms with E-state index in [0.29, 0.717) is 30.9 Å². The van der Waals surface area contributed by atoms with Gasteiger partial charge in [-0.1, -0.05) is 66.7 Å². The Morgan fingerprint density at radius 2 is 1.50 bits per heavy atom. The molecule has 0 amide bonds. The summed E-state index contributed by atoms with van der Waals surface area (Å²) in [7, 11) is 0. The summed E-state index contributed by atoms with van der Waals surface area (Å²) in [6, 6.07) is 31.3. The Balaban J connectivity index is 1.31. The zero-order valence-electron chi connectivity index (χ0n) is 20.0. The SMILES string of the molecule is Cc1ccccc1-c1cccc2c(CCCOc3cccc(Oc4ccccc4)c3)c(C(=O)O)[nH]c12. The van der Waals surface area contributed by atoms with Crippen LogP contribution in [0.1, 0.15) is 28.0 Å². The molecular weight excluding hydrogens is 450 g/mol. The van der Waals surface area contributed by atoms with Crippen LogP contribution in [0.5, 0.6) is 17.2 Å². The van der Waals surface area contributed by atoms with E-state index >= 15 is 0 Å². The fraction of sp³-hybridized carbons (Fsp3) is 0.129. The van der Waals surface area contributed by atoms with Crippen LogP contribution in [0.25, 0.3) is 22.0 Å². The van der Waals surface area contributed by atoms with Crippen LogP contribution < -0.4 is 9.47 Å². The van der Waals surface area contributed by atoms with Gasteiger partial charge in [0, 0.05) is 17.0 Å². The van der Waals surface area contributed by atoms with Gasteiger partial charge in [-0.25, -0.2) is 4.79 Å². The van der Waals surface area contributed by atoms with E-state index in [2.05, 4.69) is 24.0 Å². The molecule has 36 heavy (non-hydrogen) atoms. The molecule has 0 unspecified atom stereocenters. The summed E-state index contributed by atoms with van der Waals surface area (Å²) in [6.45, 7) is 2.52. The summed E-state index contributed by atoms with van der Waals surface area (Å²) in [4.78, 5) is 15.3. The first-order valence-electron chi connectivity index (χ1n) is 12.0. The smallest absolute Gasteiger partial charge is 0.352 e. The van der Waals surface area contributed by atoms with Crippen molar-refractivity contribution in [2.24, 2.45) is 0 Å². The van der Waals surface area contributed by atoms with Crippen molar-refractivity contribution in [2.75, 3.05) is 6.61 Å². The molecule has 1 aromatic heterocycles. The van der Waals surface area contributed by atoms with E-state index < -0.39 is 5.97 Å². The number of rotatable bonds is 9. The molecule has 180 valence electrons. The molecule has 0 radical (unpaired) electrons. The number of fused-ring (bicyclic) bond motifs is 1. The molecule has 0 bridgehead atoms. The van der Waals surface area contributed by atoms with Crippen LogP contribution in [0.3, 0.4) is 0 Å². The Kier molecular flexibility index (Phi) is 6.72. The van der Waals surface area contributed by atoms with Crippen LogP contribution in [-0.4, -0.2) is 22.7 Å². The van der Waals surface area contributed by atoms with Crippen LogP contribution in [0.15, 0.2) is 97.1 Å². The largest absolute Gasteiger partial charge is 0.493 e. The number of ether oxygens (including phenoxy) is 2. The lowest BCUT2D eigenvalue weighted by atomic mass is 9.97. The highest BCUT2D eigenvalue weighted by molar-refractivity contribution is 6.03. The van der Waals surface area contributed by atoms with Crippen molar-refractivity contribution >= 4 is 16.9 Å². The molecule has 5 rings (SSSR count). The third-order valence-corrected chi connectivity index (χ3v) is 6.21. The minimum absolute atomic E-state index is 0.240. The molecule has 0 aliphatic rings. The van der Waals surface area contributed by atoms with E-state index in [0.717, 1.165) is 38.9 Å². The molecule has 5 aromatic rings. The molecule has 4 aromatic carbocycles. The van der Waals surface area contributed by atoms with Gasteiger partial charge in [0.1, 0.15) is 22.9 Å². The van der Waals surface area contributed by atoms with Gasteiger partial charge < -0.3 is 19.6 Å². The van der Waals surface area contributed by atoms with Gasteiger partial charge in [0.05, 0.1) is 12.1 Å². The van der Waals surface area contributed by atoms with Crippen molar-refractivity contribution in [3.05, 3.63) is 114 Å². The highest BCUT2D eigenvalue weighted by Gasteiger charge is 2.19. The normalized spacial score (nSPS) is 10.9. The quantitative estimate of drug-likeness (QED) is 0.214. The second kappa shape index (κ2) is 10.4. The van der Waals surface area contributed by atoms with E-state index in [9.17, 15) is 9.90 Å². The molecule has 0 aliphatic carbocycles. The van der Waals surface area contributed by atoms with Crippen molar-refractivity contribution in [3.8, 4) is 28.4 Å². The number of carboxylic acid groups (broad SMARTS) is 1. The minimum Gasteiger partial charge on any atom is -0.493 e. The number of benzene rings is 4. The predicted octanol–water partition coefficient (Wildman–Crippen LogP) is 7.65. The lowest BCUT2D eigenvalue weighted by Crippen LogP contribution is -2.04. The van der Waals surface area contributed by atoms with E-state index in [1.54, 1.807) is 0 Å². The second-order valence-electron chi connectivity index (χ2n) is 8.67. The van der Waals surface area contributed by atoms with E-state index in [1.807, 2.05) is 84.9 Å². The van der Waals surface area contributed by atoms with Gasteiger partial charge >= 0.3 is 5.97 Å². The molecule has 0 fully saturated rings. The first-order chi connectivity index (χ1) is 17.6. The van der Waals surface area contributed by atoms with Crippen molar-refractivity contribution in [1.29, 1.82) is 0 Å². The summed E-state index contributed by atoms with van der Waals surface area (Å²) in [5, 5.41) is 10.8. The van der Waals surface area contributed by atoms with Gasteiger partial charge in [-0.15, -0.1) is 0 Å². The summed E-state index contributed by atoms with van der Waals surface area (Å²) in [5.41, 5.74) is 5.14. The number of nitrogens with one attached hydrogen (secondary N) is 1. The second-order valence-corrected chi connectivity index (χ2v) is 8.67. The molecule has 0 atom stereocenters. The molecule has 0 saturated heterocycles. The maximum Gasteiger partial charge on any atom is 0.352 e. The Hall–Kier alpha value is -4.51. The number of hydrogen-bond donors (Lipinski definition) is 2. The summed E-state index contributed by atoms with van der Waals surface area (Å²) in [6.07, 6.45) is 1.25. The van der Waals surface area contributed by atoms with E-state index in [1.165, 1.54) is 0 Å². The predicted molar refractivity (Wildman–Crippen MR) is 142 cm³/mol. The minimum atomic E-state index is -0.955. The standard InChI is InChI=1S/C31H27NO4/c1-21-10-5-6-15-25(21)26-16-8-17-27-28(30(31(33)34)32-29(26)27)18-9-19-35-23-13-7-14-24(20-23)36-22-11-3-2-4-12-22/h2-8,10-17,20,32H,9,18-19H2,1H3,(H,33,34). The number of aromatic carboxylic acids is 1. The maximum atomic E-state index is 12.1. The third kappa shape index (κ3) is 4.96. The van der Waals surface area contributed by atoms with E-state index in [4.69, 9.17) is 9.47 Å². The maximum absolute atomic E-state index is 12.1. The van der Waals surface area contributed by atoms with Crippen LogP contribution in [0.2, 0.25) is 0 Å². The highest BCUT2D eigenvalue weighted by Crippen LogP contribution is 2.34. The average Bonchev–Trinajstić information content (AvgIpc) is 3.27. The first-order valence-corrected chi connectivity index (χ1v) is 12.0. The average molecular weight is 478 g/mol. The summed E-state index contributed by atoms with van der Waals surface area (Å²) < 4.78 is 11.8. The first kappa shape index (κ1) is 23.2. The van der Waals surface area contributed by atoms with Gasteiger partial charge in [0.2, 0.25) is 0 Å². The van der Waals surface area contributed by atoms with Crippen LogP contribution in [-0.2, 0) is 6.42 Å². The van der Waals surface area contributed by atoms with Gasteiger partial charge in [-0.2, -0.15) is 0 Å². The topological polar surface area (TPSA) is 71.6 Å². The zero-order valence-corrected chi connectivity index (χ0v) is 20.0. The van der Waals surface area contributed by atoms with Crippen LogP contribution >= 0.6 is 0 Å². The number of carboxylic acids is 1. The highest BCUT2D eigenvalue weighted by atomic mass is 16.5. The number of aromatic amines is 1. The lowest BCUT2D eigenvalue weighted by molar-refractivity contribution is 0.0690. The Labute approximate surface area is 210 Å². The zero-order chi connectivity index (χ0) is 24.9. The summed E-state index contributed by atoms with van der Waals surface area (Å²) >= 11 is 0. The van der Waals surface area contributed by atoms with Gasteiger partial charge in [-0.05, 0) is 60.7 Å². The molecule has 0 spiro atoms. The molecule has 5 nitrogen and oxygen atoms in total. The number of aryl methyl sites for hydroxylation is 2. The van der Waals surface area contributed by atoms with Crippen molar-refractivity contribution in [3.63, 3.8) is 0 Å². The van der Waals surface area contributed by atoms with Crippen molar-refractivity contribution < 1.29 is 19.4 Å². The number of hydrogen-bond acceptors (Lipinski definition) is 3. The number of aromatic nitrogens is 1. The molecule has 1 heterocycles. The molecule has 0 aliphatic heterocycles. The van der Waals surface area contributed by atoms with Crippen molar-refractivity contribution in [1.82, 2.24) is 4.98 Å². The third-order valence-electron chi connectivity index (χ3n) is 6.21.